The third-order valence-electron chi connectivity index (χ3n) is 3.63. The fraction of sp³-hybridized carbons (Fsp3) is 0.500. The number of carbonyl (C=O) groups is 2. The molecule has 114 valence electrons. The molecular weight excluding hydrogens is 270 g/mol. The van der Waals surface area contributed by atoms with Crippen LogP contribution in [0.3, 0.4) is 0 Å². The van der Waals surface area contributed by atoms with Crippen LogP contribution >= 0.6 is 0 Å². The fourth-order valence-corrected chi connectivity index (χ4v) is 2.46. The summed E-state index contributed by atoms with van der Waals surface area (Å²) < 4.78 is 5.21. The highest BCUT2D eigenvalue weighted by atomic mass is 16.5. The number of hydrogen-bond donors (Lipinski definition) is 1. The standard InChI is InChI=1S/C16H21NO4/c1-12(15(19)17-9-4-2-3-5-10-17)21-16(20)13-7-6-8-14(18)11-13/h6-8,11-12,18H,2-5,9-10H2,1H3/t12-/m0/s1. The highest BCUT2D eigenvalue weighted by molar-refractivity contribution is 5.92. The molecule has 1 aliphatic heterocycles. The molecule has 1 amide bonds. The van der Waals surface area contributed by atoms with Crippen LogP contribution < -0.4 is 0 Å². The van der Waals surface area contributed by atoms with Crippen molar-refractivity contribution >= 4 is 11.9 Å². The molecule has 1 atom stereocenters. The van der Waals surface area contributed by atoms with Gasteiger partial charge in [0.2, 0.25) is 0 Å². The number of nitrogens with zero attached hydrogens (tertiary/aromatic N) is 1. The largest absolute Gasteiger partial charge is 0.508 e. The predicted molar refractivity (Wildman–Crippen MR) is 78.0 cm³/mol. The van der Waals surface area contributed by atoms with E-state index in [2.05, 4.69) is 0 Å². The molecule has 5 nitrogen and oxygen atoms in total. The number of hydrogen-bond acceptors (Lipinski definition) is 4. The number of ether oxygens (including phenoxy) is 1. The maximum absolute atomic E-state index is 12.3. The Morgan fingerprint density at radius 3 is 2.48 bits per heavy atom. The van der Waals surface area contributed by atoms with Crippen LogP contribution in [0.25, 0.3) is 0 Å². The summed E-state index contributed by atoms with van der Waals surface area (Å²) in [7, 11) is 0. The minimum atomic E-state index is -0.807. The van der Waals surface area contributed by atoms with Gasteiger partial charge in [-0.25, -0.2) is 4.79 Å². The first-order chi connectivity index (χ1) is 10.1. The maximum atomic E-state index is 12.3. The Balaban J connectivity index is 1.95. The van der Waals surface area contributed by atoms with Gasteiger partial charge >= 0.3 is 5.97 Å². The Morgan fingerprint density at radius 2 is 1.86 bits per heavy atom. The molecule has 1 aliphatic rings. The molecule has 0 radical (unpaired) electrons. The van der Waals surface area contributed by atoms with Crippen molar-refractivity contribution in [3.8, 4) is 5.75 Å². The lowest BCUT2D eigenvalue weighted by Crippen LogP contribution is -2.40. The second kappa shape index (κ2) is 7.11. The lowest BCUT2D eigenvalue weighted by atomic mass is 10.2. The molecule has 1 saturated heterocycles. The van der Waals surface area contributed by atoms with Crippen molar-refractivity contribution in [3.05, 3.63) is 29.8 Å². The third kappa shape index (κ3) is 4.21. The Kier molecular flexibility index (Phi) is 5.20. The number of rotatable bonds is 3. The second-order valence-electron chi connectivity index (χ2n) is 5.34. The van der Waals surface area contributed by atoms with Gasteiger partial charge in [-0.1, -0.05) is 18.9 Å². The molecule has 0 unspecified atom stereocenters. The summed E-state index contributed by atoms with van der Waals surface area (Å²) in [5.41, 5.74) is 0.241. The second-order valence-corrected chi connectivity index (χ2v) is 5.34. The van der Waals surface area contributed by atoms with Crippen molar-refractivity contribution in [1.29, 1.82) is 0 Å². The molecule has 1 fully saturated rings. The zero-order valence-electron chi connectivity index (χ0n) is 12.2. The van der Waals surface area contributed by atoms with Crippen molar-refractivity contribution in [2.75, 3.05) is 13.1 Å². The Morgan fingerprint density at radius 1 is 1.19 bits per heavy atom. The van der Waals surface area contributed by atoms with Crippen LogP contribution in [0, 0.1) is 0 Å². The molecule has 0 bridgehead atoms. The van der Waals surface area contributed by atoms with E-state index in [-0.39, 0.29) is 17.2 Å². The summed E-state index contributed by atoms with van der Waals surface area (Å²) in [6.45, 7) is 3.05. The summed E-state index contributed by atoms with van der Waals surface area (Å²) in [4.78, 5) is 26.0. The van der Waals surface area contributed by atoms with Gasteiger partial charge in [-0.15, -0.1) is 0 Å². The molecule has 21 heavy (non-hydrogen) atoms. The summed E-state index contributed by atoms with van der Waals surface area (Å²) >= 11 is 0. The van der Waals surface area contributed by atoms with E-state index in [0.717, 1.165) is 38.8 Å². The molecule has 0 aromatic heterocycles. The van der Waals surface area contributed by atoms with E-state index in [9.17, 15) is 14.7 Å². The van der Waals surface area contributed by atoms with Crippen LogP contribution in [0.5, 0.6) is 5.75 Å². The van der Waals surface area contributed by atoms with Gasteiger partial charge in [0, 0.05) is 13.1 Å². The summed E-state index contributed by atoms with van der Waals surface area (Å²) in [5.74, 6) is -0.747. The average Bonchev–Trinajstić information content (AvgIpc) is 2.75. The number of benzene rings is 1. The molecule has 2 rings (SSSR count). The monoisotopic (exact) mass is 291 g/mol. The van der Waals surface area contributed by atoms with Gasteiger partial charge in [-0.3, -0.25) is 4.79 Å². The third-order valence-corrected chi connectivity index (χ3v) is 3.63. The van der Waals surface area contributed by atoms with Crippen molar-refractivity contribution in [2.24, 2.45) is 0 Å². The number of carbonyl (C=O) groups excluding carboxylic acids is 2. The highest BCUT2D eigenvalue weighted by Gasteiger charge is 2.24. The molecule has 5 heteroatoms. The Labute approximate surface area is 124 Å². The quantitative estimate of drug-likeness (QED) is 0.868. The first kappa shape index (κ1) is 15.4. The van der Waals surface area contributed by atoms with Gasteiger partial charge in [-0.05, 0) is 38.0 Å². The van der Waals surface area contributed by atoms with Crippen molar-refractivity contribution < 1.29 is 19.4 Å². The molecular formula is C16H21NO4. The van der Waals surface area contributed by atoms with Crippen LogP contribution in [0.2, 0.25) is 0 Å². The van der Waals surface area contributed by atoms with E-state index in [1.807, 2.05) is 0 Å². The molecule has 0 saturated carbocycles. The predicted octanol–water partition coefficient (Wildman–Crippen LogP) is 2.34. The first-order valence-corrected chi connectivity index (χ1v) is 7.37. The summed E-state index contributed by atoms with van der Waals surface area (Å²) in [5, 5.41) is 9.36. The molecule has 1 aromatic rings. The lowest BCUT2D eigenvalue weighted by molar-refractivity contribution is -0.139. The first-order valence-electron chi connectivity index (χ1n) is 7.37. The van der Waals surface area contributed by atoms with Gasteiger partial charge in [0.1, 0.15) is 5.75 Å². The van der Waals surface area contributed by atoms with Crippen LogP contribution in [0.4, 0.5) is 0 Å². The van der Waals surface area contributed by atoms with Gasteiger partial charge in [0.25, 0.3) is 5.91 Å². The zero-order chi connectivity index (χ0) is 15.2. The van der Waals surface area contributed by atoms with E-state index in [4.69, 9.17) is 4.74 Å². The Bertz CT molecular complexity index is 507. The minimum Gasteiger partial charge on any atom is -0.508 e. The molecule has 1 aromatic carbocycles. The van der Waals surface area contributed by atoms with Crippen molar-refractivity contribution in [2.45, 2.75) is 38.7 Å². The number of aromatic hydroxyl groups is 1. The van der Waals surface area contributed by atoms with Crippen molar-refractivity contribution in [1.82, 2.24) is 4.90 Å². The van der Waals surface area contributed by atoms with Gasteiger partial charge in [0.05, 0.1) is 5.56 Å². The topological polar surface area (TPSA) is 66.8 Å². The summed E-state index contributed by atoms with van der Waals surface area (Å²) in [6, 6.07) is 5.91. The maximum Gasteiger partial charge on any atom is 0.339 e. The van der Waals surface area contributed by atoms with Gasteiger partial charge in [-0.2, -0.15) is 0 Å². The van der Waals surface area contributed by atoms with E-state index in [1.54, 1.807) is 24.0 Å². The van der Waals surface area contributed by atoms with Crippen LogP contribution in [-0.2, 0) is 9.53 Å². The molecule has 0 spiro atoms. The smallest absolute Gasteiger partial charge is 0.339 e. The van der Waals surface area contributed by atoms with Crippen LogP contribution in [0.15, 0.2) is 24.3 Å². The van der Waals surface area contributed by atoms with E-state index < -0.39 is 12.1 Å². The van der Waals surface area contributed by atoms with E-state index >= 15 is 0 Å². The van der Waals surface area contributed by atoms with E-state index in [0.29, 0.717) is 0 Å². The van der Waals surface area contributed by atoms with Crippen molar-refractivity contribution in [3.63, 3.8) is 0 Å². The van der Waals surface area contributed by atoms with Gasteiger partial charge in [0.15, 0.2) is 6.10 Å². The van der Waals surface area contributed by atoms with E-state index in [1.165, 1.54) is 12.1 Å². The van der Waals surface area contributed by atoms with Crippen LogP contribution in [0.1, 0.15) is 43.0 Å². The number of phenols is 1. The molecule has 1 heterocycles. The lowest BCUT2D eigenvalue weighted by Gasteiger charge is -2.24. The molecule has 0 aliphatic carbocycles. The molecule has 1 N–H and O–H groups in total. The summed E-state index contributed by atoms with van der Waals surface area (Å²) in [6.07, 6.45) is 3.47. The number of esters is 1. The minimum absolute atomic E-state index is 0.00375. The number of likely N-dealkylation sites (tertiary alicyclic amines) is 1. The Hall–Kier alpha value is -2.04. The number of amides is 1. The average molecular weight is 291 g/mol. The number of phenolic OH excluding ortho intramolecular Hbond substituents is 1. The SMILES string of the molecule is C[C@H](OC(=O)c1cccc(O)c1)C(=O)N1CCCCCC1. The normalized spacial score (nSPS) is 16.9. The van der Waals surface area contributed by atoms with Crippen LogP contribution in [-0.4, -0.2) is 41.1 Å². The highest BCUT2D eigenvalue weighted by Crippen LogP contribution is 2.15. The fourth-order valence-electron chi connectivity index (χ4n) is 2.46. The zero-order valence-corrected chi connectivity index (χ0v) is 12.2. The van der Waals surface area contributed by atoms with Gasteiger partial charge < -0.3 is 14.7 Å².